The van der Waals surface area contributed by atoms with Crippen molar-refractivity contribution in [3.05, 3.63) is 29.6 Å². The summed E-state index contributed by atoms with van der Waals surface area (Å²) < 4.78 is 78.9. The molecule has 24 heavy (non-hydrogen) atoms. The van der Waals surface area contributed by atoms with E-state index in [0.29, 0.717) is 44.5 Å². The van der Waals surface area contributed by atoms with Gasteiger partial charge in [0.1, 0.15) is 5.82 Å². The van der Waals surface area contributed by atoms with Crippen molar-refractivity contribution in [1.82, 2.24) is 9.62 Å². The van der Waals surface area contributed by atoms with E-state index in [4.69, 9.17) is 0 Å². The summed E-state index contributed by atoms with van der Waals surface area (Å²) >= 11 is 0. The van der Waals surface area contributed by atoms with Gasteiger partial charge in [-0.2, -0.15) is 17.5 Å². The van der Waals surface area contributed by atoms with E-state index < -0.39 is 32.5 Å². The smallest absolute Gasteiger partial charge is 0.317 e. The van der Waals surface area contributed by atoms with Crippen molar-refractivity contribution in [3.8, 4) is 0 Å². The molecule has 1 aliphatic rings. The molecule has 1 fully saturated rings. The molecule has 1 aromatic rings. The number of sulfonamides is 1. The van der Waals surface area contributed by atoms with Gasteiger partial charge in [0.15, 0.2) is 0 Å². The second-order valence-electron chi connectivity index (χ2n) is 5.74. The Hall–Kier alpha value is -1.19. The number of nitrogens with one attached hydrogen (secondary N) is 1. The van der Waals surface area contributed by atoms with Crippen LogP contribution >= 0.6 is 0 Å². The largest absolute Gasteiger partial charge is 0.419 e. The van der Waals surface area contributed by atoms with Crippen molar-refractivity contribution >= 4 is 10.0 Å². The monoisotopic (exact) mass is 368 g/mol. The lowest BCUT2D eigenvalue weighted by atomic mass is 10.1. The van der Waals surface area contributed by atoms with Crippen molar-refractivity contribution in [3.63, 3.8) is 0 Å². The lowest BCUT2D eigenvalue weighted by Crippen LogP contribution is -2.46. The van der Waals surface area contributed by atoms with Crippen molar-refractivity contribution in [2.75, 3.05) is 19.6 Å². The molecule has 0 atom stereocenters. The van der Waals surface area contributed by atoms with Crippen molar-refractivity contribution in [2.45, 2.75) is 43.3 Å². The van der Waals surface area contributed by atoms with Gasteiger partial charge in [-0.05, 0) is 50.6 Å². The van der Waals surface area contributed by atoms with Gasteiger partial charge in [-0.15, -0.1) is 0 Å². The predicted octanol–water partition coefficient (Wildman–Crippen LogP) is 3.00. The molecule has 0 saturated carbocycles. The maximum absolute atomic E-state index is 13.4. The van der Waals surface area contributed by atoms with E-state index in [1.54, 1.807) is 6.92 Å². The summed E-state index contributed by atoms with van der Waals surface area (Å²) in [6.07, 6.45) is -3.23. The molecule has 0 bridgehead atoms. The Morgan fingerprint density at radius 2 is 1.88 bits per heavy atom. The van der Waals surface area contributed by atoms with Crippen LogP contribution in [0.2, 0.25) is 0 Å². The van der Waals surface area contributed by atoms with Crippen LogP contribution in [0.4, 0.5) is 17.6 Å². The van der Waals surface area contributed by atoms with Crippen LogP contribution in [0.3, 0.4) is 0 Å². The van der Waals surface area contributed by atoms with Crippen LogP contribution in [0.15, 0.2) is 23.1 Å². The fraction of sp³-hybridized carbons (Fsp3) is 0.600. The Balaban J connectivity index is 2.43. The Morgan fingerprint density at radius 3 is 2.42 bits per heavy atom. The van der Waals surface area contributed by atoms with Gasteiger partial charge < -0.3 is 5.32 Å². The first kappa shape index (κ1) is 19.1. The van der Waals surface area contributed by atoms with E-state index in [-0.39, 0.29) is 12.6 Å². The molecule has 1 aromatic carbocycles. The minimum atomic E-state index is -4.94. The first-order valence-corrected chi connectivity index (χ1v) is 9.21. The standard InChI is InChI=1S/C15H20F4N2O2S/c1-2-9-21(11-5-7-20-8-6-11)24(22,23)12-3-4-14(16)13(10-12)15(17,18)19/h3-4,10-11,20H,2,5-9H2,1H3. The average Bonchev–Trinajstić information content (AvgIpc) is 2.52. The van der Waals surface area contributed by atoms with Gasteiger partial charge in [0.05, 0.1) is 10.5 Å². The molecule has 0 radical (unpaired) electrons. The molecule has 1 heterocycles. The molecule has 0 spiro atoms. The summed E-state index contributed by atoms with van der Waals surface area (Å²) in [7, 11) is -4.12. The maximum Gasteiger partial charge on any atom is 0.419 e. The zero-order valence-electron chi connectivity index (χ0n) is 13.2. The topological polar surface area (TPSA) is 49.4 Å². The molecule has 136 valence electrons. The van der Waals surface area contributed by atoms with Gasteiger partial charge >= 0.3 is 6.18 Å². The summed E-state index contributed by atoms with van der Waals surface area (Å²) in [6, 6.07) is 1.57. The molecule has 4 nitrogen and oxygen atoms in total. The highest BCUT2D eigenvalue weighted by Gasteiger charge is 2.37. The molecule has 1 aliphatic heterocycles. The lowest BCUT2D eigenvalue weighted by molar-refractivity contribution is -0.140. The third-order valence-electron chi connectivity index (χ3n) is 4.01. The van der Waals surface area contributed by atoms with Crippen LogP contribution < -0.4 is 5.32 Å². The number of hydrogen-bond acceptors (Lipinski definition) is 3. The lowest BCUT2D eigenvalue weighted by Gasteiger charge is -2.33. The Morgan fingerprint density at radius 1 is 1.25 bits per heavy atom. The van der Waals surface area contributed by atoms with E-state index in [9.17, 15) is 26.0 Å². The Kier molecular flexibility index (Phi) is 5.87. The minimum Gasteiger partial charge on any atom is -0.317 e. The SMILES string of the molecule is CCCN(C1CCNCC1)S(=O)(=O)c1ccc(F)c(C(F)(F)F)c1. The number of rotatable bonds is 5. The zero-order valence-corrected chi connectivity index (χ0v) is 14.1. The summed E-state index contributed by atoms with van der Waals surface area (Å²) in [5.74, 6) is -1.48. The highest BCUT2D eigenvalue weighted by atomic mass is 32.2. The van der Waals surface area contributed by atoms with Crippen LogP contribution in [-0.2, 0) is 16.2 Å². The number of piperidine rings is 1. The molecule has 9 heteroatoms. The van der Waals surface area contributed by atoms with Crippen LogP contribution in [0.25, 0.3) is 0 Å². The van der Waals surface area contributed by atoms with Gasteiger partial charge in [0, 0.05) is 12.6 Å². The van der Waals surface area contributed by atoms with Gasteiger partial charge in [-0.3, -0.25) is 0 Å². The number of halogens is 4. The first-order chi connectivity index (χ1) is 11.2. The summed E-state index contributed by atoms with van der Waals surface area (Å²) in [6.45, 7) is 3.32. The van der Waals surface area contributed by atoms with E-state index in [1.165, 1.54) is 4.31 Å². The summed E-state index contributed by atoms with van der Waals surface area (Å²) in [5, 5.41) is 3.12. The zero-order chi connectivity index (χ0) is 18.0. The fourth-order valence-electron chi connectivity index (χ4n) is 2.83. The fourth-order valence-corrected chi connectivity index (χ4v) is 4.64. The second kappa shape index (κ2) is 7.37. The van der Waals surface area contributed by atoms with E-state index in [2.05, 4.69) is 5.32 Å². The third-order valence-corrected chi connectivity index (χ3v) is 5.96. The molecule has 1 saturated heterocycles. The summed E-state index contributed by atoms with van der Waals surface area (Å²) in [5.41, 5.74) is -1.56. The van der Waals surface area contributed by atoms with Gasteiger partial charge in [0.25, 0.3) is 0 Å². The molecule has 0 unspecified atom stereocenters. The van der Waals surface area contributed by atoms with Crippen LogP contribution in [0.5, 0.6) is 0 Å². The third kappa shape index (κ3) is 4.07. The van der Waals surface area contributed by atoms with Gasteiger partial charge in [0.2, 0.25) is 10.0 Å². The van der Waals surface area contributed by atoms with Crippen LogP contribution in [0.1, 0.15) is 31.7 Å². The van der Waals surface area contributed by atoms with Crippen molar-refractivity contribution < 1.29 is 26.0 Å². The Labute approximate surface area is 138 Å². The molecule has 0 aliphatic carbocycles. The average molecular weight is 368 g/mol. The first-order valence-electron chi connectivity index (χ1n) is 7.77. The molecule has 0 aromatic heterocycles. The maximum atomic E-state index is 13.4. The molecule has 1 N–H and O–H groups in total. The van der Waals surface area contributed by atoms with Crippen LogP contribution in [0, 0.1) is 5.82 Å². The van der Waals surface area contributed by atoms with Gasteiger partial charge in [-0.25, -0.2) is 12.8 Å². The van der Waals surface area contributed by atoms with Crippen molar-refractivity contribution in [1.29, 1.82) is 0 Å². The molecule has 2 rings (SSSR count). The number of alkyl halides is 3. The Bertz CT molecular complexity index is 671. The highest BCUT2D eigenvalue weighted by Crippen LogP contribution is 2.34. The number of nitrogens with zero attached hydrogens (tertiary/aromatic N) is 1. The van der Waals surface area contributed by atoms with Crippen LogP contribution in [-0.4, -0.2) is 38.4 Å². The number of benzene rings is 1. The van der Waals surface area contributed by atoms with E-state index in [1.807, 2.05) is 0 Å². The minimum absolute atomic E-state index is 0.214. The van der Waals surface area contributed by atoms with E-state index >= 15 is 0 Å². The normalized spacial score (nSPS) is 17.4. The highest BCUT2D eigenvalue weighted by molar-refractivity contribution is 7.89. The van der Waals surface area contributed by atoms with Crippen molar-refractivity contribution in [2.24, 2.45) is 0 Å². The molecule has 0 amide bonds. The molecular weight excluding hydrogens is 348 g/mol. The molecular formula is C15H20F4N2O2S. The second-order valence-corrected chi connectivity index (χ2v) is 7.63. The predicted molar refractivity (Wildman–Crippen MR) is 81.5 cm³/mol. The number of hydrogen-bond donors (Lipinski definition) is 1. The van der Waals surface area contributed by atoms with E-state index in [0.717, 1.165) is 6.07 Å². The van der Waals surface area contributed by atoms with Gasteiger partial charge in [-0.1, -0.05) is 6.92 Å². The quantitative estimate of drug-likeness (QED) is 0.813. The summed E-state index contributed by atoms with van der Waals surface area (Å²) in [4.78, 5) is -0.525.